The van der Waals surface area contributed by atoms with Gasteiger partial charge in [0.2, 0.25) is 0 Å². The van der Waals surface area contributed by atoms with E-state index in [2.05, 4.69) is 38.2 Å². The molecule has 0 bridgehead atoms. The zero-order valence-corrected chi connectivity index (χ0v) is 12.4. The maximum absolute atomic E-state index is 5.93. The van der Waals surface area contributed by atoms with Gasteiger partial charge in [-0.25, -0.2) is 0 Å². The summed E-state index contributed by atoms with van der Waals surface area (Å²) >= 11 is 5.93. The molecule has 0 amide bonds. The number of halogens is 1. The molecule has 1 nitrogen and oxygen atoms in total. The van der Waals surface area contributed by atoms with Crippen LogP contribution in [0.5, 0.6) is 0 Å². The molecule has 1 unspecified atom stereocenters. The van der Waals surface area contributed by atoms with E-state index in [1.54, 1.807) is 0 Å². The van der Waals surface area contributed by atoms with Crippen molar-refractivity contribution in [3.63, 3.8) is 0 Å². The zero-order valence-electron chi connectivity index (χ0n) is 11.7. The van der Waals surface area contributed by atoms with Gasteiger partial charge in [-0.15, -0.1) is 0 Å². The molecule has 2 atom stereocenters. The quantitative estimate of drug-likeness (QED) is 0.815. The third-order valence-electron chi connectivity index (χ3n) is 4.33. The van der Waals surface area contributed by atoms with E-state index < -0.39 is 0 Å². The molecule has 1 aliphatic rings. The van der Waals surface area contributed by atoms with Gasteiger partial charge in [0, 0.05) is 17.1 Å². The fourth-order valence-electron chi connectivity index (χ4n) is 2.95. The van der Waals surface area contributed by atoms with Crippen LogP contribution < -0.4 is 5.32 Å². The molecule has 0 spiro atoms. The lowest BCUT2D eigenvalue weighted by Gasteiger charge is -2.40. The highest BCUT2D eigenvalue weighted by Gasteiger charge is 2.32. The second-order valence-corrected chi connectivity index (χ2v) is 6.66. The summed E-state index contributed by atoms with van der Waals surface area (Å²) in [6.07, 6.45) is 5.36. The molecule has 2 rings (SSSR count). The molecule has 18 heavy (non-hydrogen) atoms. The summed E-state index contributed by atoms with van der Waals surface area (Å²) in [4.78, 5) is 0. The first kappa shape index (κ1) is 13.9. The van der Waals surface area contributed by atoms with Crippen molar-refractivity contribution in [3.8, 4) is 0 Å². The van der Waals surface area contributed by atoms with Crippen molar-refractivity contribution >= 4 is 11.6 Å². The van der Waals surface area contributed by atoms with Gasteiger partial charge in [0.05, 0.1) is 0 Å². The smallest absolute Gasteiger partial charge is 0.0406 e. The zero-order chi connectivity index (χ0) is 13.2. The van der Waals surface area contributed by atoms with Crippen LogP contribution in [0.2, 0.25) is 5.02 Å². The molecule has 1 fully saturated rings. The lowest BCUT2D eigenvalue weighted by molar-refractivity contribution is 0.157. The number of rotatable bonds is 3. The molecular formula is C16H24ClN. The van der Waals surface area contributed by atoms with Crippen LogP contribution in [-0.2, 0) is 0 Å². The number of hydrogen-bond donors (Lipinski definition) is 1. The van der Waals surface area contributed by atoms with E-state index in [0.717, 1.165) is 5.02 Å². The molecular weight excluding hydrogens is 242 g/mol. The van der Waals surface area contributed by atoms with Gasteiger partial charge >= 0.3 is 0 Å². The van der Waals surface area contributed by atoms with E-state index >= 15 is 0 Å². The molecule has 1 aromatic carbocycles. The first-order valence-electron chi connectivity index (χ1n) is 7.00. The third-order valence-corrected chi connectivity index (χ3v) is 4.58. The van der Waals surface area contributed by atoms with Gasteiger partial charge in [-0.3, -0.25) is 0 Å². The third kappa shape index (κ3) is 3.27. The Kier molecular flexibility index (Phi) is 4.34. The van der Waals surface area contributed by atoms with E-state index in [1.165, 1.54) is 31.2 Å². The lowest BCUT2D eigenvalue weighted by Crippen LogP contribution is -2.45. The fourth-order valence-corrected chi connectivity index (χ4v) is 3.08. The highest BCUT2D eigenvalue weighted by atomic mass is 35.5. The standard InChI is InChI=1S/C16H24ClN/c1-12(13-7-9-14(17)10-8-13)18-15-6-4-5-11-16(15,2)3/h7-10,12,15,18H,4-6,11H2,1-3H3/t12-,15?/m0/s1. The van der Waals surface area contributed by atoms with Crippen LogP contribution in [0.4, 0.5) is 0 Å². The largest absolute Gasteiger partial charge is 0.307 e. The molecule has 100 valence electrons. The summed E-state index contributed by atoms with van der Waals surface area (Å²) in [6, 6.07) is 9.20. The fraction of sp³-hybridized carbons (Fsp3) is 0.625. The van der Waals surface area contributed by atoms with Gasteiger partial charge in [-0.05, 0) is 42.9 Å². The Bertz CT molecular complexity index is 383. The first-order valence-corrected chi connectivity index (χ1v) is 7.38. The molecule has 1 N–H and O–H groups in total. The minimum atomic E-state index is 0.393. The Labute approximate surface area is 116 Å². The van der Waals surface area contributed by atoms with Gasteiger partial charge in [0.15, 0.2) is 0 Å². The van der Waals surface area contributed by atoms with E-state index in [9.17, 15) is 0 Å². The number of nitrogens with one attached hydrogen (secondary N) is 1. The maximum atomic E-state index is 5.93. The van der Waals surface area contributed by atoms with E-state index in [1.807, 2.05) is 12.1 Å². The molecule has 0 aliphatic heterocycles. The summed E-state index contributed by atoms with van der Waals surface area (Å²) in [6.45, 7) is 7.02. The van der Waals surface area contributed by atoms with Crippen molar-refractivity contribution in [2.45, 2.75) is 58.5 Å². The van der Waals surface area contributed by atoms with Crippen molar-refractivity contribution in [1.29, 1.82) is 0 Å². The summed E-state index contributed by atoms with van der Waals surface area (Å²) in [5.74, 6) is 0. The molecule has 0 heterocycles. The minimum Gasteiger partial charge on any atom is -0.307 e. The maximum Gasteiger partial charge on any atom is 0.0406 e. The van der Waals surface area contributed by atoms with Crippen molar-refractivity contribution in [1.82, 2.24) is 5.32 Å². The monoisotopic (exact) mass is 265 g/mol. The van der Waals surface area contributed by atoms with Crippen LogP contribution in [0.25, 0.3) is 0 Å². The summed E-state index contributed by atoms with van der Waals surface area (Å²) in [5.41, 5.74) is 1.74. The Hall–Kier alpha value is -0.530. The Morgan fingerprint density at radius 1 is 1.22 bits per heavy atom. The van der Waals surface area contributed by atoms with Gasteiger partial charge in [0.25, 0.3) is 0 Å². The van der Waals surface area contributed by atoms with E-state index in [0.29, 0.717) is 17.5 Å². The molecule has 0 aromatic heterocycles. The molecule has 2 heteroatoms. The van der Waals surface area contributed by atoms with E-state index in [4.69, 9.17) is 11.6 Å². The molecule has 0 saturated heterocycles. The Morgan fingerprint density at radius 2 is 1.89 bits per heavy atom. The normalized spacial score (nSPS) is 24.8. The molecule has 1 saturated carbocycles. The van der Waals surface area contributed by atoms with Gasteiger partial charge in [-0.2, -0.15) is 0 Å². The topological polar surface area (TPSA) is 12.0 Å². The summed E-state index contributed by atoms with van der Waals surface area (Å²) in [7, 11) is 0. The number of benzene rings is 1. The van der Waals surface area contributed by atoms with Crippen LogP contribution in [0, 0.1) is 5.41 Å². The van der Waals surface area contributed by atoms with Gasteiger partial charge < -0.3 is 5.32 Å². The minimum absolute atomic E-state index is 0.393. The SMILES string of the molecule is C[C@H](NC1CCCCC1(C)C)c1ccc(Cl)cc1. The average Bonchev–Trinajstić information content (AvgIpc) is 2.32. The van der Waals surface area contributed by atoms with Crippen molar-refractivity contribution in [2.75, 3.05) is 0 Å². The molecule has 0 radical (unpaired) electrons. The Morgan fingerprint density at radius 3 is 2.50 bits per heavy atom. The van der Waals surface area contributed by atoms with Crippen molar-refractivity contribution < 1.29 is 0 Å². The van der Waals surface area contributed by atoms with Crippen molar-refractivity contribution in [2.24, 2.45) is 5.41 Å². The first-order chi connectivity index (χ1) is 8.49. The highest BCUT2D eigenvalue weighted by Crippen LogP contribution is 2.36. The van der Waals surface area contributed by atoms with Gasteiger partial charge in [0.1, 0.15) is 0 Å². The number of hydrogen-bond acceptors (Lipinski definition) is 1. The highest BCUT2D eigenvalue weighted by molar-refractivity contribution is 6.30. The summed E-state index contributed by atoms with van der Waals surface area (Å²) in [5, 5.41) is 4.61. The lowest BCUT2D eigenvalue weighted by atomic mass is 9.73. The van der Waals surface area contributed by atoms with Crippen LogP contribution >= 0.6 is 11.6 Å². The van der Waals surface area contributed by atoms with Crippen LogP contribution in [-0.4, -0.2) is 6.04 Å². The summed E-state index contributed by atoms with van der Waals surface area (Å²) < 4.78 is 0. The second-order valence-electron chi connectivity index (χ2n) is 6.23. The molecule has 1 aromatic rings. The Balaban J connectivity index is 2.02. The predicted molar refractivity (Wildman–Crippen MR) is 79.0 cm³/mol. The molecule has 1 aliphatic carbocycles. The second kappa shape index (κ2) is 5.63. The van der Waals surface area contributed by atoms with Gasteiger partial charge in [-0.1, -0.05) is 50.4 Å². The average molecular weight is 266 g/mol. The van der Waals surface area contributed by atoms with Crippen LogP contribution in [0.1, 0.15) is 58.1 Å². The van der Waals surface area contributed by atoms with Crippen LogP contribution in [0.3, 0.4) is 0 Å². The van der Waals surface area contributed by atoms with Crippen LogP contribution in [0.15, 0.2) is 24.3 Å². The predicted octanol–water partition coefficient (Wildman–Crippen LogP) is 4.96. The van der Waals surface area contributed by atoms with E-state index in [-0.39, 0.29) is 0 Å². The van der Waals surface area contributed by atoms with Crippen molar-refractivity contribution in [3.05, 3.63) is 34.9 Å².